The first-order valence-electron chi connectivity index (χ1n) is 7.06. The number of nitrogens with one attached hydrogen (secondary N) is 1. The summed E-state index contributed by atoms with van der Waals surface area (Å²) in [5.41, 5.74) is 2.47. The van der Waals surface area contributed by atoms with E-state index in [0.29, 0.717) is 0 Å². The van der Waals surface area contributed by atoms with Crippen LogP contribution in [0.25, 0.3) is 0 Å². The Bertz CT molecular complexity index is 523. The van der Waals surface area contributed by atoms with E-state index >= 15 is 0 Å². The van der Waals surface area contributed by atoms with Crippen molar-refractivity contribution < 1.29 is 4.74 Å². The van der Waals surface area contributed by atoms with Crippen molar-refractivity contribution in [3.05, 3.63) is 47.8 Å². The highest BCUT2D eigenvalue weighted by Crippen LogP contribution is 2.25. The smallest absolute Gasteiger partial charge is 0.123 e. The molecular weight excluding hydrogens is 250 g/mol. The van der Waals surface area contributed by atoms with Gasteiger partial charge in [-0.3, -0.25) is 4.68 Å². The van der Waals surface area contributed by atoms with Gasteiger partial charge in [0.05, 0.1) is 7.11 Å². The highest BCUT2D eigenvalue weighted by atomic mass is 16.5. The molecule has 0 aliphatic carbocycles. The highest BCUT2D eigenvalue weighted by Gasteiger charge is 2.10. The van der Waals surface area contributed by atoms with Gasteiger partial charge in [-0.2, -0.15) is 5.10 Å². The molecule has 0 aliphatic rings. The van der Waals surface area contributed by atoms with Crippen LogP contribution in [0.3, 0.4) is 0 Å². The Balaban J connectivity index is 1.85. The van der Waals surface area contributed by atoms with Gasteiger partial charge in [0, 0.05) is 30.5 Å². The van der Waals surface area contributed by atoms with Crippen molar-refractivity contribution in [3.8, 4) is 5.75 Å². The third kappa shape index (κ3) is 3.84. The van der Waals surface area contributed by atoms with Gasteiger partial charge >= 0.3 is 0 Å². The lowest BCUT2D eigenvalue weighted by atomic mass is 10.0. The van der Waals surface area contributed by atoms with Crippen molar-refractivity contribution in [2.45, 2.75) is 32.9 Å². The molecule has 0 radical (unpaired) electrons. The molecule has 4 heteroatoms. The van der Waals surface area contributed by atoms with Crippen LogP contribution in [0.5, 0.6) is 5.75 Å². The maximum atomic E-state index is 5.43. The monoisotopic (exact) mass is 273 g/mol. The first-order chi connectivity index (χ1) is 9.70. The molecule has 0 amide bonds. The molecule has 2 aromatic rings. The maximum absolute atomic E-state index is 5.43. The Labute approximate surface area is 120 Å². The SMILES string of the molecule is COc1ccc(C)cc1[C@@H](C)NCCCn1cccn1. The van der Waals surface area contributed by atoms with Crippen LogP contribution in [-0.4, -0.2) is 23.4 Å². The van der Waals surface area contributed by atoms with E-state index in [0.717, 1.165) is 25.3 Å². The average Bonchev–Trinajstić information content (AvgIpc) is 2.96. The normalized spacial score (nSPS) is 12.3. The zero-order chi connectivity index (χ0) is 14.4. The van der Waals surface area contributed by atoms with Gasteiger partial charge < -0.3 is 10.1 Å². The summed E-state index contributed by atoms with van der Waals surface area (Å²) in [7, 11) is 1.72. The fourth-order valence-corrected chi connectivity index (χ4v) is 2.29. The van der Waals surface area contributed by atoms with Gasteiger partial charge in [0.2, 0.25) is 0 Å². The number of hydrogen-bond acceptors (Lipinski definition) is 3. The summed E-state index contributed by atoms with van der Waals surface area (Å²) < 4.78 is 7.39. The molecule has 0 bridgehead atoms. The number of ether oxygens (including phenoxy) is 1. The molecule has 0 unspecified atom stereocenters. The summed E-state index contributed by atoms with van der Waals surface area (Å²) >= 11 is 0. The van der Waals surface area contributed by atoms with Crippen LogP contribution >= 0.6 is 0 Å². The minimum absolute atomic E-state index is 0.280. The first-order valence-corrected chi connectivity index (χ1v) is 7.06. The molecule has 2 rings (SSSR count). The third-order valence-electron chi connectivity index (χ3n) is 3.43. The lowest BCUT2D eigenvalue weighted by Crippen LogP contribution is -2.21. The van der Waals surface area contributed by atoms with Crippen LogP contribution in [0.15, 0.2) is 36.7 Å². The van der Waals surface area contributed by atoms with Gasteiger partial charge in [-0.25, -0.2) is 0 Å². The molecule has 1 heterocycles. The molecule has 1 N–H and O–H groups in total. The molecule has 0 fully saturated rings. The Morgan fingerprint density at radius 3 is 2.95 bits per heavy atom. The lowest BCUT2D eigenvalue weighted by Gasteiger charge is -2.18. The quantitative estimate of drug-likeness (QED) is 0.788. The van der Waals surface area contributed by atoms with E-state index < -0.39 is 0 Å². The molecule has 0 saturated carbocycles. The van der Waals surface area contributed by atoms with Gasteiger partial charge in [-0.15, -0.1) is 0 Å². The molecular formula is C16H23N3O. The lowest BCUT2D eigenvalue weighted by molar-refractivity contribution is 0.400. The first kappa shape index (κ1) is 14.6. The third-order valence-corrected chi connectivity index (χ3v) is 3.43. The number of hydrogen-bond donors (Lipinski definition) is 1. The minimum Gasteiger partial charge on any atom is -0.496 e. The molecule has 1 aromatic carbocycles. The Kier molecular flexibility index (Phi) is 5.18. The maximum Gasteiger partial charge on any atom is 0.123 e. The van der Waals surface area contributed by atoms with Gasteiger partial charge in [-0.1, -0.05) is 17.7 Å². The van der Waals surface area contributed by atoms with Crippen molar-refractivity contribution >= 4 is 0 Å². The standard InChI is InChI=1S/C16H23N3O/c1-13-6-7-16(20-3)15(12-13)14(2)17-8-4-10-19-11-5-9-18-19/h5-7,9,11-12,14,17H,4,8,10H2,1-3H3/t14-/m1/s1. The van der Waals surface area contributed by atoms with E-state index in [1.54, 1.807) is 7.11 Å². The minimum atomic E-state index is 0.280. The zero-order valence-electron chi connectivity index (χ0n) is 12.5. The van der Waals surface area contributed by atoms with Gasteiger partial charge in [0.25, 0.3) is 0 Å². The predicted octanol–water partition coefficient (Wildman–Crippen LogP) is 2.94. The highest BCUT2D eigenvalue weighted by molar-refractivity contribution is 5.38. The van der Waals surface area contributed by atoms with Crippen molar-refractivity contribution in [1.29, 1.82) is 0 Å². The topological polar surface area (TPSA) is 39.1 Å². The predicted molar refractivity (Wildman–Crippen MR) is 81.0 cm³/mol. The number of aromatic nitrogens is 2. The van der Waals surface area contributed by atoms with Gasteiger partial charge in [-0.05, 0) is 38.9 Å². The molecule has 20 heavy (non-hydrogen) atoms. The number of aryl methyl sites for hydroxylation is 2. The molecule has 108 valence electrons. The van der Waals surface area contributed by atoms with E-state index in [1.165, 1.54) is 11.1 Å². The van der Waals surface area contributed by atoms with Gasteiger partial charge in [0.15, 0.2) is 0 Å². The molecule has 0 spiro atoms. The summed E-state index contributed by atoms with van der Waals surface area (Å²) in [6.45, 7) is 6.17. The van der Waals surface area contributed by atoms with Crippen molar-refractivity contribution in [2.75, 3.05) is 13.7 Å². The summed E-state index contributed by atoms with van der Waals surface area (Å²) in [6.07, 6.45) is 4.86. The van der Waals surface area contributed by atoms with Crippen LogP contribution in [0.4, 0.5) is 0 Å². The summed E-state index contributed by atoms with van der Waals surface area (Å²) in [6, 6.07) is 8.53. The van der Waals surface area contributed by atoms with Crippen LogP contribution in [0, 0.1) is 6.92 Å². The van der Waals surface area contributed by atoms with E-state index in [-0.39, 0.29) is 6.04 Å². The van der Waals surface area contributed by atoms with Crippen LogP contribution in [0.1, 0.15) is 30.5 Å². The second-order valence-electron chi connectivity index (χ2n) is 5.04. The fourth-order valence-electron chi connectivity index (χ4n) is 2.29. The summed E-state index contributed by atoms with van der Waals surface area (Å²) in [5.74, 6) is 0.947. The number of methoxy groups -OCH3 is 1. The Hall–Kier alpha value is -1.81. The number of benzene rings is 1. The van der Waals surface area contributed by atoms with Crippen molar-refractivity contribution in [2.24, 2.45) is 0 Å². The number of rotatable bonds is 7. The van der Waals surface area contributed by atoms with Crippen LogP contribution in [0.2, 0.25) is 0 Å². The van der Waals surface area contributed by atoms with E-state index in [9.17, 15) is 0 Å². The Morgan fingerprint density at radius 1 is 1.40 bits per heavy atom. The van der Waals surface area contributed by atoms with Crippen molar-refractivity contribution in [3.63, 3.8) is 0 Å². The summed E-state index contributed by atoms with van der Waals surface area (Å²) in [5, 5.41) is 7.74. The largest absolute Gasteiger partial charge is 0.496 e. The van der Waals surface area contributed by atoms with Crippen LogP contribution < -0.4 is 10.1 Å². The number of nitrogens with zero attached hydrogens (tertiary/aromatic N) is 2. The molecule has 1 atom stereocenters. The molecule has 1 aromatic heterocycles. The zero-order valence-corrected chi connectivity index (χ0v) is 12.5. The molecule has 0 saturated heterocycles. The fraction of sp³-hybridized carbons (Fsp3) is 0.438. The van der Waals surface area contributed by atoms with E-state index in [4.69, 9.17) is 4.74 Å². The summed E-state index contributed by atoms with van der Waals surface area (Å²) in [4.78, 5) is 0. The average molecular weight is 273 g/mol. The van der Waals surface area contributed by atoms with E-state index in [2.05, 4.69) is 36.4 Å². The molecule has 0 aliphatic heterocycles. The van der Waals surface area contributed by atoms with E-state index in [1.807, 2.05) is 29.2 Å². The second-order valence-corrected chi connectivity index (χ2v) is 5.04. The van der Waals surface area contributed by atoms with Crippen molar-refractivity contribution in [1.82, 2.24) is 15.1 Å². The van der Waals surface area contributed by atoms with Gasteiger partial charge in [0.1, 0.15) is 5.75 Å². The molecule has 4 nitrogen and oxygen atoms in total. The van der Waals surface area contributed by atoms with Crippen LogP contribution in [-0.2, 0) is 6.54 Å². The second kappa shape index (κ2) is 7.10. The Morgan fingerprint density at radius 2 is 2.25 bits per heavy atom.